The summed E-state index contributed by atoms with van der Waals surface area (Å²) in [5, 5.41) is 0. The summed E-state index contributed by atoms with van der Waals surface area (Å²) in [6.45, 7) is 4.89. The van der Waals surface area contributed by atoms with E-state index in [1.54, 1.807) is 6.92 Å². The molecule has 0 bridgehead atoms. The van der Waals surface area contributed by atoms with Crippen molar-refractivity contribution in [2.24, 2.45) is 0 Å². The minimum atomic E-state index is -0.681. The smallest absolute Gasteiger partial charge is 0.410 e. The number of hydrogen-bond acceptors (Lipinski definition) is 5. The van der Waals surface area contributed by atoms with E-state index < -0.39 is 18.1 Å². The zero-order chi connectivity index (χ0) is 17.8. The third kappa shape index (κ3) is 7.46. The first kappa shape index (κ1) is 20.0. The van der Waals surface area contributed by atoms with Gasteiger partial charge in [-0.25, -0.2) is 9.59 Å². The van der Waals surface area contributed by atoms with Gasteiger partial charge in [0.25, 0.3) is 0 Å². The normalized spacial score (nSPS) is 11.6. The molecule has 24 heavy (non-hydrogen) atoms. The zero-order valence-corrected chi connectivity index (χ0v) is 14.7. The van der Waals surface area contributed by atoms with Gasteiger partial charge in [-0.3, -0.25) is 4.90 Å². The molecule has 1 aromatic rings. The number of carbonyl (C=O) groups excluding carboxylic acids is 2. The first-order valence-corrected chi connectivity index (χ1v) is 8.24. The van der Waals surface area contributed by atoms with E-state index >= 15 is 0 Å². The van der Waals surface area contributed by atoms with E-state index in [0.29, 0.717) is 19.8 Å². The number of unbranched alkanes of at least 4 members (excludes halogenated alkanes) is 1. The fraction of sp³-hybridized carbons (Fsp3) is 0.556. The van der Waals surface area contributed by atoms with Crippen LogP contribution in [0.1, 0.15) is 32.3 Å². The van der Waals surface area contributed by atoms with Crippen LogP contribution >= 0.6 is 0 Å². The van der Waals surface area contributed by atoms with Crippen LogP contribution in [-0.2, 0) is 25.6 Å². The Labute approximate surface area is 143 Å². The van der Waals surface area contributed by atoms with Gasteiger partial charge in [0.1, 0.15) is 12.6 Å². The molecule has 0 aliphatic heterocycles. The van der Waals surface area contributed by atoms with Crippen LogP contribution < -0.4 is 0 Å². The van der Waals surface area contributed by atoms with E-state index in [4.69, 9.17) is 14.2 Å². The largest absolute Gasteiger partial charge is 0.464 e. The zero-order valence-electron chi connectivity index (χ0n) is 14.7. The molecular formula is C18H27NO5. The number of ether oxygens (including phenoxy) is 3. The number of esters is 1. The quantitative estimate of drug-likeness (QED) is 0.485. The average Bonchev–Trinajstić information content (AvgIpc) is 2.61. The Bertz CT molecular complexity index is 491. The van der Waals surface area contributed by atoms with Crippen LogP contribution in [0.3, 0.4) is 0 Å². The Balaban J connectivity index is 2.20. The lowest BCUT2D eigenvalue weighted by atomic mass is 10.2. The molecular weight excluding hydrogens is 310 g/mol. The number of carbonyl (C=O) groups is 2. The molecule has 0 radical (unpaired) electrons. The van der Waals surface area contributed by atoms with E-state index in [0.717, 1.165) is 18.4 Å². The summed E-state index contributed by atoms with van der Waals surface area (Å²) in [4.78, 5) is 24.9. The van der Waals surface area contributed by atoms with Crippen molar-refractivity contribution < 1.29 is 23.8 Å². The lowest BCUT2D eigenvalue weighted by Crippen LogP contribution is -2.42. The summed E-state index contributed by atoms with van der Waals surface area (Å²) in [6.07, 6.45) is 1.19. The van der Waals surface area contributed by atoms with E-state index in [2.05, 4.69) is 0 Å². The number of likely N-dealkylation sites (N-methyl/N-ethyl adjacent to an activating group) is 1. The van der Waals surface area contributed by atoms with Crippen LogP contribution in [0.15, 0.2) is 30.3 Å². The molecule has 1 atom stereocenters. The molecule has 1 rings (SSSR count). The molecule has 0 saturated carbocycles. The minimum Gasteiger partial charge on any atom is -0.464 e. The lowest BCUT2D eigenvalue weighted by molar-refractivity contribution is -0.148. The van der Waals surface area contributed by atoms with Gasteiger partial charge in [-0.15, -0.1) is 0 Å². The summed E-state index contributed by atoms with van der Waals surface area (Å²) in [7, 11) is 1.51. The number of benzene rings is 1. The van der Waals surface area contributed by atoms with E-state index in [9.17, 15) is 9.59 Å². The van der Waals surface area contributed by atoms with Crippen molar-refractivity contribution >= 4 is 12.1 Å². The molecule has 1 amide bonds. The minimum absolute atomic E-state index is 0.133. The highest BCUT2D eigenvalue weighted by molar-refractivity contribution is 5.80. The predicted octanol–water partition coefficient (Wildman–Crippen LogP) is 3.00. The fourth-order valence-corrected chi connectivity index (χ4v) is 1.81. The van der Waals surface area contributed by atoms with Gasteiger partial charge in [0.05, 0.1) is 19.8 Å². The summed E-state index contributed by atoms with van der Waals surface area (Å²) in [5.41, 5.74) is 1.06. The predicted molar refractivity (Wildman–Crippen MR) is 90.5 cm³/mol. The summed E-state index contributed by atoms with van der Waals surface area (Å²) < 4.78 is 15.6. The van der Waals surface area contributed by atoms with Gasteiger partial charge >= 0.3 is 12.1 Å². The van der Waals surface area contributed by atoms with E-state index in [-0.39, 0.29) is 6.61 Å². The molecule has 0 N–H and O–H groups in total. The Morgan fingerprint density at radius 2 is 1.79 bits per heavy atom. The van der Waals surface area contributed by atoms with Gasteiger partial charge in [0, 0.05) is 7.05 Å². The fourth-order valence-electron chi connectivity index (χ4n) is 1.81. The first-order valence-electron chi connectivity index (χ1n) is 8.24. The molecule has 6 heteroatoms. The summed E-state index contributed by atoms with van der Waals surface area (Å²) in [6, 6.07) is 9.07. The van der Waals surface area contributed by atoms with E-state index in [1.807, 2.05) is 37.3 Å². The Hall–Kier alpha value is -2.08. The van der Waals surface area contributed by atoms with Crippen LogP contribution in [-0.4, -0.2) is 49.9 Å². The van der Waals surface area contributed by atoms with Crippen molar-refractivity contribution in [1.82, 2.24) is 4.90 Å². The summed E-state index contributed by atoms with van der Waals surface area (Å²) >= 11 is 0. The second-order valence-electron chi connectivity index (χ2n) is 5.46. The van der Waals surface area contributed by atoms with Gasteiger partial charge < -0.3 is 14.2 Å². The lowest BCUT2D eigenvalue weighted by Gasteiger charge is -2.22. The van der Waals surface area contributed by atoms with Crippen molar-refractivity contribution in [3.63, 3.8) is 0 Å². The molecule has 1 aromatic carbocycles. The topological polar surface area (TPSA) is 65.1 Å². The second kappa shape index (κ2) is 11.5. The maximum atomic E-state index is 11.9. The monoisotopic (exact) mass is 337 g/mol. The van der Waals surface area contributed by atoms with Gasteiger partial charge in [-0.05, 0) is 18.9 Å². The average molecular weight is 337 g/mol. The molecule has 0 heterocycles. The van der Waals surface area contributed by atoms with Crippen LogP contribution in [0.5, 0.6) is 0 Å². The molecule has 0 aliphatic rings. The SMILES string of the molecule is CCCCOC(=O)C(C)N(C)C(=O)OCCOCc1ccccc1. The summed E-state index contributed by atoms with van der Waals surface area (Å²) in [5.74, 6) is -0.428. The Morgan fingerprint density at radius 1 is 1.08 bits per heavy atom. The molecule has 0 aromatic heterocycles. The highest BCUT2D eigenvalue weighted by Gasteiger charge is 2.24. The van der Waals surface area contributed by atoms with Gasteiger partial charge in [0.2, 0.25) is 0 Å². The van der Waals surface area contributed by atoms with Crippen molar-refractivity contribution in [3.8, 4) is 0 Å². The molecule has 0 spiro atoms. The molecule has 134 valence electrons. The van der Waals surface area contributed by atoms with Crippen LogP contribution in [0.4, 0.5) is 4.79 Å². The number of rotatable bonds is 10. The maximum absolute atomic E-state index is 11.9. The standard InChI is InChI=1S/C18H27NO5/c1-4-5-11-23-17(20)15(2)19(3)18(21)24-13-12-22-14-16-9-7-6-8-10-16/h6-10,15H,4-5,11-14H2,1-3H3. The Kier molecular flexibility index (Phi) is 9.53. The maximum Gasteiger partial charge on any atom is 0.410 e. The Morgan fingerprint density at radius 3 is 2.46 bits per heavy atom. The highest BCUT2D eigenvalue weighted by atomic mass is 16.6. The number of nitrogens with zero attached hydrogens (tertiary/aromatic N) is 1. The van der Waals surface area contributed by atoms with Crippen LogP contribution in [0, 0.1) is 0 Å². The van der Waals surface area contributed by atoms with Crippen molar-refractivity contribution in [1.29, 1.82) is 0 Å². The van der Waals surface area contributed by atoms with Crippen molar-refractivity contribution in [2.75, 3.05) is 26.9 Å². The van der Waals surface area contributed by atoms with E-state index in [1.165, 1.54) is 11.9 Å². The van der Waals surface area contributed by atoms with Crippen molar-refractivity contribution in [2.45, 2.75) is 39.3 Å². The molecule has 0 aliphatic carbocycles. The number of hydrogen-bond donors (Lipinski definition) is 0. The first-order chi connectivity index (χ1) is 11.6. The van der Waals surface area contributed by atoms with Crippen LogP contribution in [0.25, 0.3) is 0 Å². The van der Waals surface area contributed by atoms with Gasteiger partial charge in [-0.1, -0.05) is 43.7 Å². The van der Waals surface area contributed by atoms with Crippen LogP contribution in [0.2, 0.25) is 0 Å². The molecule has 0 saturated heterocycles. The third-order valence-corrected chi connectivity index (χ3v) is 3.52. The molecule has 1 unspecified atom stereocenters. The second-order valence-corrected chi connectivity index (χ2v) is 5.46. The molecule has 0 fully saturated rings. The highest BCUT2D eigenvalue weighted by Crippen LogP contribution is 2.03. The number of amides is 1. The van der Waals surface area contributed by atoms with Gasteiger partial charge in [0.15, 0.2) is 0 Å². The molecule has 6 nitrogen and oxygen atoms in total. The van der Waals surface area contributed by atoms with Crippen molar-refractivity contribution in [3.05, 3.63) is 35.9 Å². The van der Waals surface area contributed by atoms with Gasteiger partial charge in [-0.2, -0.15) is 0 Å². The third-order valence-electron chi connectivity index (χ3n) is 3.52.